The van der Waals surface area contributed by atoms with Crippen molar-refractivity contribution in [2.45, 2.75) is 19.0 Å². The number of aromatic amines is 1. The summed E-state index contributed by atoms with van der Waals surface area (Å²) in [5.74, 6) is -1.05. The van der Waals surface area contributed by atoms with Crippen molar-refractivity contribution in [2.24, 2.45) is 0 Å². The number of rotatable bonds is 6. The van der Waals surface area contributed by atoms with E-state index >= 15 is 0 Å². The highest BCUT2D eigenvalue weighted by atomic mass is 79.9. The molecule has 0 atom stereocenters. The first-order chi connectivity index (χ1) is 14.2. The molecule has 0 saturated carbocycles. The van der Waals surface area contributed by atoms with Gasteiger partial charge in [0.05, 0.1) is 5.75 Å². The maximum Gasteiger partial charge on any atom is 0.291 e. The lowest BCUT2D eigenvalue weighted by molar-refractivity contribution is -0.113. The lowest BCUT2D eigenvalue weighted by Gasteiger charge is -2.10. The van der Waals surface area contributed by atoms with Crippen LogP contribution >= 0.6 is 27.7 Å². The average molecular weight is 492 g/mol. The molecule has 3 rings (SSSR count). The monoisotopic (exact) mass is 491 g/mol. The van der Waals surface area contributed by atoms with Gasteiger partial charge in [-0.1, -0.05) is 23.9 Å². The lowest BCUT2D eigenvalue weighted by Crippen LogP contribution is -2.23. The predicted octanol–water partition coefficient (Wildman–Crippen LogP) is 3.31. The van der Waals surface area contributed by atoms with Gasteiger partial charge in [-0.3, -0.25) is 19.4 Å². The van der Waals surface area contributed by atoms with Crippen LogP contribution < -0.4 is 21.9 Å². The summed E-state index contributed by atoms with van der Waals surface area (Å²) in [6, 6.07) is 8.75. The topological polar surface area (TPSA) is 143 Å². The molecule has 156 valence electrons. The second-order valence-corrected chi connectivity index (χ2v) is 8.09. The van der Waals surface area contributed by atoms with Crippen LogP contribution in [-0.4, -0.2) is 27.5 Å². The van der Waals surface area contributed by atoms with Crippen LogP contribution in [0.5, 0.6) is 0 Å². The molecule has 0 saturated heterocycles. The summed E-state index contributed by atoms with van der Waals surface area (Å²) in [7, 11) is 0. The van der Waals surface area contributed by atoms with Crippen LogP contribution in [0.25, 0.3) is 0 Å². The van der Waals surface area contributed by atoms with Gasteiger partial charge in [-0.2, -0.15) is 0 Å². The maximum atomic E-state index is 12.3. The van der Waals surface area contributed by atoms with Crippen molar-refractivity contribution in [3.8, 4) is 0 Å². The van der Waals surface area contributed by atoms with Crippen LogP contribution in [0.1, 0.15) is 21.7 Å². The second kappa shape index (κ2) is 9.18. The van der Waals surface area contributed by atoms with E-state index in [4.69, 9.17) is 10.2 Å². The van der Waals surface area contributed by atoms with E-state index in [1.165, 1.54) is 6.07 Å². The van der Waals surface area contributed by atoms with Crippen molar-refractivity contribution in [2.75, 3.05) is 22.1 Å². The molecule has 1 aromatic carbocycles. The van der Waals surface area contributed by atoms with Crippen molar-refractivity contribution in [1.29, 1.82) is 0 Å². The number of carbonyl (C=O) groups excluding carboxylic acids is 2. The highest BCUT2D eigenvalue weighted by molar-refractivity contribution is 9.10. The molecule has 0 spiro atoms. The minimum Gasteiger partial charge on any atom is -0.444 e. The van der Waals surface area contributed by atoms with Gasteiger partial charge in [0, 0.05) is 5.69 Å². The Morgan fingerprint density at radius 2 is 2.00 bits per heavy atom. The molecule has 0 unspecified atom stereocenters. The number of nitrogens with zero attached hydrogens (tertiary/aromatic N) is 1. The molecule has 2 aromatic heterocycles. The third-order valence-corrected chi connectivity index (χ3v) is 5.27. The number of thioether (sulfide) groups is 1. The fourth-order valence-electron chi connectivity index (χ4n) is 2.46. The number of nitrogens with two attached hydrogens (primary N) is 1. The summed E-state index contributed by atoms with van der Waals surface area (Å²) in [5.41, 5.74) is 7.68. The molecule has 2 heterocycles. The van der Waals surface area contributed by atoms with E-state index in [1.807, 2.05) is 32.0 Å². The molecule has 11 heteroatoms. The van der Waals surface area contributed by atoms with E-state index in [0.717, 1.165) is 28.6 Å². The van der Waals surface area contributed by atoms with Gasteiger partial charge in [-0.25, -0.2) is 4.98 Å². The number of hydrogen-bond donors (Lipinski definition) is 4. The zero-order chi connectivity index (χ0) is 21.8. The quantitative estimate of drug-likeness (QED) is 0.305. The third kappa shape index (κ3) is 5.30. The van der Waals surface area contributed by atoms with Gasteiger partial charge in [-0.05, 0) is 59.1 Å². The fraction of sp³-hybridized carbons (Fsp3) is 0.158. The normalized spacial score (nSPS) is 10.6. The molecule has 0 aliphatic rings. The van der Waals surface area contributed by atoms with E-state index in [9.17, 15) is 14.4 Å². The molecule has 0 aliphatic heterocycles. The summed E-state index contributed by atoms with van der Waals surface area (Å²) in [6.45, 7) is 3.84. The Labute approximate surface area is 184 Å². The first kappa shape index (κ1) is 21.7. The SMILES string of the molecule is Cc1ccc(C)c(NC(=O)CSc2nc(N)c(NC(=O)c3ccc(Br)o3)c(=O)[nH]2)c1. The third-order valence-electron chi connectivity index (χ3n) is 3.97. The zero-order valence-corrected chi connectivity index (χ0v) is 18.4. The van der Waals surface area contributed by atoms with Crippen molar-refractivity contribution >= 4 is 56.7 Å². The van der Waals surface area contributed by atoms with Crippen LogP contribution in [-0.2, 0) is 4.79 Å². The van der Waals surface area contributed by atoms with Gasteiger partial charge in [-0.15, -0.1) is 0 Å². The van der Waals surface area contributed by atoms with E-state index in [1.54, 1.807) is 6.07 Å². The number of hydrogen-bond acceptors (Lipinski definition) is 7. The Kier molecular flexibility index (Phi) is 6.63. The summed E-state index contributed by atoms with van der Waals surface area (Å²) < 4.78 is 5.51. The van der Waals surface area contributed by atoms with Crippen molar-refractivity contribution in [3.05, 3.63) is 62.2 Å². The average Bonchev–Trinajstić information content (AvgIpc) is 3.12. The predicted molar refractivity (Wildman–Crippen MR) is 119 cm³/mol. The van der Waals surface area contributed by atoms with E-state index in [-0.39, 0.29) is 34.1 Å². The van der Waals surface area contributed by atoms with Gasteiger partial charge in [0.1, 0.15) is 0 Å². The molecule has 2 amide bonds. The van der Waals surface area contributed by atoms with Crippen LogP contribution in [0.4, 0.5) is 17.2 Å². The van der Waals surface area contributed by atoms with Gasteiger partial charge >= 0.3 is 0 Å². The summed E-state index contributed by atoms with van der Waals surface area (Å²) in [6.07, 6.45) is 0. The van der Waals surface area contributed by atoms with Gasteiger partial charge in [0.2, 0.25) is 5.91 Å². The summed E-state index contributed by atoms with van der Waals surface area (Å²) in [5, 5.41) is 5.36. The van der Waals surface area contributed by atoms with Crippen LogP contribution in [0, 0.1) is 13.8 Å². The number of halogens is 1. The number of H-pyrrole nitrogens is 1. The second-order valence-electron chi connectivity index (χ2n) is 6.34. The minimum absolute atomic E-state index is 0.00207. The smallest absolute Gasteiger partial charge is 0.291 e. The number of anilines is 3. The Bertz CT molecular complexity index is 1170. The fourth-order valence-corrected chi connectivity index (χ4v) is 3.43. The van der Waals surface area contributed by atoms with E-state index in [0.29, 0.717) is 4.67 Å². The first-order valence-corrected chi connectivity index (χ1v) is 10.5. The van der Waals surface area contributed by atoms with Gasteiger partial charge < -0.3 is 20.8 Å². The lowest BCUT2D eigenvalue weighted by atomic mass is 10.1. The Morgan fingerprint density at radius 1 is 1.23 bits per heavy atom. The number of benzene rings is 1. The zero-order valence-electron chi connectivity index (χ0n) is 16.0. The molecule has 0 radical (unpaired) electrons. The molecule has 9 nitrogen and oxygen atoms in total. The van der Waals surface area contributed by atoms with Crippen molar-refractivity contribution in [1.82, 2.24) is 9.97 Å². The molecular weight excluding hydrogens is 474 g/mol. The van der Waals surface area contributed by atoms with E-state index < -0.39 is 11.5 Å². The number of carbonyl (C=O) groups is 2. The number of nitrogens with one attached hydrogen (secondary N) is 3. The van der Waals surface area contributed by atoms with Crippen molar-refractivity contribution in [3.63, 3.8) is 0 Å². The van der Waals surface area contributed by atoms with Crippen LogP contribution in [0.3, 0.4) is 0 Å². The van der Waals surface area contributed by atoms with Crippen molar-refractivity contribution < 1.29 is 14.0 Å². The molecule has 30 heavy (non-hydrogen) atoms. The standard InChI is InChI=1S/C19H18BrN5O4S/c1-9-3-4-10(2)11(7-9)22-14(26)8-30-19-24-16(21)15(18(28)25-19)23-17(27)12-5-6-13(20)29-12/h3-7H,8H2,1-2H3,(H,22,26)(H,23,27)(H3,21,24,25,28). The minimum atomic E-state index is -0.645. The molecule has 0 bridgehead atoms. The highest BCUT2D eigenvalue weighted by Crippen LogP contribution is 2.20. The number of nitrogen functional groups attached to an aromatic ring is 1. The Hall–Kier alpha value is -3.05. The van der Waals surface area contributed by atoms with Gasteiger partial charge in [0.15, 0.2) is 27.1 Å². The molecule has 3 aromatic rings. The van der Waals surface area contributed by atoms with Crippen LogP contribution in [0.15, 0.2) is 49.4 Å². The molecule has 5 N–H and O–H groups in total. The Balaban J connectivity index is 1.65. The largest absolute Gasteiger partial charge is 0.444 e. The molecule has 0 aliphatic carbocycles. The summed E-state index contributed by atoms with van der Waals surface area (Å²) in [4.78, 5) is 43.2. The number of aromatic nitrogens is 2. The number of aryl methyl sites for hydroxylation is 2. The van der Waals surface area contributed by atoms with Gasteiger partial charge in [0.25, 0.3) is 11.5 Å². The summed E-state index contributed by atoms with van der Waals surface area (Å²) >= 11 is 4.11. The molecular formula is C19H18BrN5O4S. The maximum absolute atomic E-state index is 12.3. The first-order valence-electron chi connectivity index (χ1n) is 8.69. The number of furan rings is 1. The Morgan fingerprint density at radius 3 is 2.67 bits per heavy atom. The van der Waals surface area contributed by atoms with E-state index in [2.05, 4.69) is 36.5 Å². The highest BCUT2D eigenvalue weighted by Gasteiger charge is 2.17. The van der Waals surface area contributed by atoms with Crippen LogP contribution in [0.2, 0.25) is 0 Å². The molecule has 0 fully saturated rings. The number of amides is 2.